The summed E-state index contributed by atoms with van der Waals surface area (Å²) >= 11 is 6.01. The van der Waals surface area contributed by atoms with Gasteiger partial charge in [0.2, 0.25) is 0 Å². The zero-order valence-corrected chi connectivity index (χ0v) is 12.0. The van der Waals surface area contributed by atoms with Gasteiger partial charge in [-0.2, -0.15) is 5.26 Å². The van der Waals surface area contributed by atoms with Crippen LogP contribution in [0, 0.1) is 11.3 Å². The van der Waals surface area contributed by atoms with E-state index in [4.69, 9.17) is 11.6 Å². The monoisotopic (exact) mass is 289 g/mol. The van der Waals surface area contributed by atoms with Crippen LogP contribution in [0.3, 0.4) is 0 Å². The Morgan fingerprint density at radius 2 is 2.30 bits per heavy atom. The van der Waals surface area contributed by atoms with Gasteiger partial charge in [0, 0.05) is 23.2 Å². The predicted octanol–water partition coefficient (Wildman–Crippen LogP) is 3.33. The molecule has 0 aliphatic heterocycles. The number of nitrogens with zero attached hydrogens (tertiary/aromatic N) is 2. The second kappa shape index (κ2) is 6.56. The van der Waals surface area contributed by atoms with Crippen LogP contribution in [0.15, 0.2) is 24.4 Å². The molecule has 0 aliphatic rings. The third-order valence-electron chi connectivity index (χ3n) is 3.09. The molecule has 5 heteroatoms. The molecule has 0 radical (unpaired) electrons. The molecule has 0 amide bonds. The molecule has 0 bridgehead atoms. The van der Waals surface area contributed by atoms with Gasteiger partial charge in [0.05, 0.1) is 22.9 Å². The number of hydrogen-bond donors (Lipinski definition) is 2. The minimum atomic E-state index is -0.436. The summed E-state index contributed by atoms with van der Waals surface area (Å²) in [6.45, 7) is 2.42. The number of aromatic nitrogens is 1. The Bertz CT molecular complexity index is 651. The largest absolute Gasteiger partial charge is 0.391 e. The normalized spacial score (nSPS) is 12.1. The quantitative estimate of drug-likeness (QED) is 0.886. The van der Waals surface area contributed by atoms with Crippen molar-refractivity contribution in [1.29, 1.82) is 5.26 Å². The first-order valence-electron chi connectivity index (χ1n) is 6.56. The molecule has 0 saturated heterocycles. The fourth-order valence-corrected chi connectivity index (χ4v) is 2.27. The lowest BCUT2D eigenvalue weighted by atomic mass is 10.1. The number of nitriles is 1. The number of fused-ring (bicyclic) bond motifs is 1. The molecule has 1 atom stereocenters. The van der Waals surface area contributed by atoms with Gasteiger partial charge in [0.1, 0.15) is 6.07 Å². The van der Waals surface area contributed by atoms with Crippen molar-refractivity contribution in [3.63, 3.8) is 0 Å². The first-order valence-corrected chi connectivity index (χ1v) is 6.93. The lowest BCUT2D eigenvalue weighted by molar-refractivity contribution is 0.176. The average Bonchev–Trinajstić information content (AvgIpc) is 2.44. The molecule has 0 saturated carbocycles. The maximum Gasteiger partial charge on any atom is 0.103 e. The second-order valence-corrected chi connectivity index (χ2v) is 5.08. The Hall–Kier alpha value is -1.83. The molecular weight excluding hydrogens is 274 g/mol. The van der Waals surface area contributed by atoms with E-state index >= 15 is 0 Å². The maximum absolute atomic E-state index is 9.81. The van der Waals surface area contributed by atoms with Crippen molar-refractivity contribution >= 4 is 28.2 Å². The molecular formula is C15H16ClN3O. The van der Waals surface area contributed by atoms with Crippen LogP contribution in [-0.4, -0.2) is 22.7 Å². The Morgan fingerprint density at radius 1 is 1.50 bits per heavy atom. The summed E-state index contributed by atoms with van der Waals surface area (Å²) in [4.78, 5) is 4.23. The van der Waals surface area contributed by atoms with Gasteiger partial charge in [-0.3, -0.25) is 4.98 Å². The predicted molar refractivity (Wildman–Crippen MR) is 80.9 cm³/mol. The summed E-state index contributed by atoms with van der Waals surface area (Å²) in [5.41, 5.74) is 1.89. The highest BCUT2D eigenvalue weighted by Gasteiger charge is 2.11. The van der Waals surface area contributed by atoms with Crippen molar-refractivity contribution in [2.75, 3.05) is 11.9 Å². The average molecular weight is 290 g/mol. The van der Waals surface area contributed by atoms with Crippen molar-refractivity contribution in [2.24, 2.45) is 0 Å². The van der Waals surface area contributed by atoms with E-state index in [1.807, 2.05) is 13.0 Å². The molecule has 0 fully saturated rings. The van der Waals surface area contributed by atoms with Crippen LogP contribution >= 0.6 is 11.6 Å². The fraction of sp³-hybridized carbons (Fsp3) is 0.333. The van der Waals surface area contributed by atoms with Crippen LogP contribution in [0.4, 0.5) is 5.69 Å². The maximum atomic E-state index is 9.81. The molecule has 104 valence electrons. The van der Waals surface area contributed by atoms with Gasteiger partial charge in [-0.25, -0.2) is 0 Å². The van der Waals surface area contributed by atoms with E-state index < -0.39 is 6.10 Å². The summed E-state index contributed by atoms with van der Waals surface area (Å²) < 4.78 is 0. The zero-order valence-electron chi connectivity index (χ0n) is 11.2. The highest BCUT2D eigenvalue weighted by molar-refractivity contribution is 6.31. The van der Waals surface area contributed by atoms with Crippen LogP contribution < -0.4 is 5.32 Å². The number of halogens is 1. The lowest BCUT2D eigenvalue weighted by Gasteiger charge is -2.14. The summed E-state index contributed by atoms with van der Waals surface area (Å²) in [5, 5.41) is 23.5. The molecule has 2 aromatic rings. The van der Waals surface area contributed by atoms with E-state index in [9.17, 15) is 10.4 Å². The molecule has 0 spiro atoms. The summed E-state index contributed by atoms with van der Waals surface area (Å²) in [5.74, 6) is 0. The standard InChI is InChI=1S/C15H16ClN3O/c1-2-3-12(20)9-19-15-10(7-17)8-18-14-5-4-11(16)6-13(14)15/h4-6,8,12,20H,2-3,9H2,1H3,(H,18,19). The van der Waals surface area contributed by atoms with Gasteiger partial charge >= 0.3 is 0 Å². The first kappa shape index (κ1) is 14.6. The van der Waals surface area contributed by atoms with Crippen molar-refractivity contribution in [3.05, 3.63) is 35.0 Å². The number of hydrogen-bond acceptors (Lipinski definition) is 4. The summed E-state index contributed by atoms with van der Waals surface area (Å²) in [6, 6.07) is 7.46. The molecule has 20 heavy (non-hydrogen) atoms. The Labute approximate surface area is 123 Å². The molecule has 1 unspecified atom stereocenters. The number of nitrogens with one attached hydrogen (secondary N) is 1. The van der Waals surface area contributed by atoms with Gasteiger partial charge in [0.15, 0.2) is 0 Å². The van der Waals surface area contributed by atoms with E-state index in [-0.39, 0.29) is 0 Å². The van der Waals surface area contributed by atoms with E-state index in [1.165, 1.54) is 6.20 Å². The van der Waals surface area contributed by atoms with Gasteiger partial charge in [-0.15, -0.1) is 0 Å². The highest BCUT2D eigenvalue weighted by atomic mass is 35.5. The summed E-state index contributed by atoms with van der Waals surface area (Å²) in [6.07, 6.45) is 2.73. The molecule has 0 aliphatic carbocycles. The van der Waals surface area contributed by atoms with Crippen molar-refractivity contribution in [2.45, 2.75) is 25.9 Å². The summed E-state index contributed by atoms with van der Waals surface area (Å²) in [7, 11) is 0. The first-order chi connectivity index (χ1) is 9.65. The minimum Gasteiger partial charge on any atom is -0.391 e. The van der Waals surface area contributed by atoms with Crippen LogP contribution in [0.1, 0.15) is 25.3 Å². The van der Waals surface area contributed by atoms with Crippen LogP contribution in [0.2, 0.25) is 5.02 Å². The molecule has 1 heterocycles. The molecule has 2 N–H and O–H groups in total. The fourth-order valence-electron chi connectivity index (χ4n) is 2.10. The third kappa shape index (κ3) is 3.19. The van der Waals surface area contributed by atoms with Gasteiger partial charge in [-0.1, -0.05) is 24.9 Å². The number of rotatable bonds is 5. The van der Waals surface area contributed by atoms with Crippen molar-refractivity contribution in [1.82, 2.24) is 4.98 Å². The van der Waals surface area contributed by atoms with Crippen molar-refractivity contribution in [3.8, 4) is 6.07 Å². The molecule has 1 aromatic carbocycles. The zero-order chi connectivity index (χ0) is 14.5. The second-order valence-electron chi connectivity index (χ2n) is 4.64. The molecule has 4 nitrogen and oxygen atoms in total. The van der Waals surface area contributed by atoms with E-state index in [1.54, 1.807) is 12.1 Å². The highest BCUT2D eigenvalue weighted by Crippen LogP contribution is 2.28. The molecule has 2 rings (SSSR count). The molecule has 1 aromatic heterocycles. The Balaban J connectivity index is 2.38. The lowest BCUT2D eigenvalue weighted by Crippen LogP contribution is -2.19. The van der Waals surface area contributed by atoms with Crippen molar-refractivity contribution < 1.29 is 5.11 Å². The number of pyridine rings is 1. The Morgan fingerprint density at radius 3 is 3.00 bits per heavy atom. The van der Waals surface area contributed by atoms with E-state index in [0.717, 1.165) is 23.7 Å². The van der Waals surface area contributed by atoms with Crippen LogP contribution in [0.25, 0.3) is 10.9 Å². The van der Waals surface area contributed by atoms with Gasteiger partial charge in [-0.05, 0) is 24.6 Å². The Kier molecular flexibility index (Phi) is 4.78. The topological polar surface area (TPSA) is 68.9 Å². The van der Waals surface area contributed by atoms with Gasteiger partial charge < -0.3 is 10.4 Å². The number of benzene rings is 1. The number of aliphatic hydroxyl groups excluding tert-OH is 1. The van der Waals surface area contributed by atoms with E-state index in [2.05, 4.69) is 16.4 Å². The minimum absolute atomic E-state index is 0.397. The van der Waals surface area contributed by atoms with E-state index in [0.29, 0.717) is 22.8 Å². The SMILES string of the molecule is CCCC(O)CNc1c(C#N)cnc2ccc(Cl)cc12. The van der Waals surface area contributed by atoms with Crippen LogP contribution in [-0.2, 0) is 0 Å². The third-order valence-corrected chi connectivity index (χ3v) is 3.32. The smallest absolute Gasteiger partial charge is 0.103 e. The van der Waals surface area contributed by atoms with Gasteiger partial charge in [0.25, 0.3) is 0 Å². The number of aliphatic hydroxyl groups is 1. The van der Waals surface area contributed by atoms with Crippen LogP contribution in [0.5, 0.6) is 0 Å². The number of anilines is 1.